The van der Waals surface area contributed by atoms with Crippen molar-refractivity contribution in [2.75, 3.05) is 6.54 Å². The monoisotopic (exact) mass is 287 g/mol. The third kappa shape index (κ3) is 3.10. The highest BCUT2D eigenvalue weighted by molar-refractivity contribution is 5.96. The fourth-order valence-electron chi connectivity index (χ4n) is 2.99. The summed E-state index contributed by atoms with van der Waals surface area (Å²) in [5, 5.41) is 14.1. The number of benzene rings is 1. The quantitative estimate of drug-likeness (QED) is 0.911. The molecule has 4 heteroatoms. The molecule has 1 aliphatic carbocycles. The molecule has 4 nitrogen and oxygen atoms in total. The molecule has 0 unspecified atom stereocenters. The predicted octanol–water partition coefficient (Wildman–Crippen LogP) is 3.17. The fourth-order valence-corrected chi connectivity index (χ4v) is 2.99. The normalized spacial score (nSPS) is 17.8. The molecule has 1 amide bonds. The number of fused-ring (bicyclic) bond motifs is 1. The molecule has 0 saturated heterocycles. The molecule has 0 radical (unpaired) electrons. The number of furan rings is 1. The van der Waals surface area contributed by atoms with Gasteiger partial charge in [-0.25, -0.2) is 0 Å². The highest BCUT2D eigenvalue weighted by Gasteiger charge is 2.29. The lowest BCUT2D eigenvalue weighted by atomic mass is 9.85. The first kappa shape index (κ1) is 14.1. The van der Waals surface area contributed by atoms with E-state index in [0.717, 1.165) is 36.6 Å². The van der Waals surface area contributed by atoms with E-state index in [9.17, 15) is 9.90 Å². The second-order valence-corrected chi connectivity index (χ2v) is 6.12. The van der Waals surface area contributed by atoms with Crippen molar-refractivity contribution in [1.82, 2.24) is 5.32 Å². The van der Waals surface area contributed by atoms with E-state index in [4.69, 9.17) is 4.42 Å². The summed E-state index contributed by atoms with van der Waals surface area (Å²) in [6.07, 6.45) is 4.73. The smallest absolute Gasteiger partial charge is 0.287 e. The van der Waals surface area contributed by atoms with Crippen LogP contribution < -0.4 is 5.32 Å². The first-order valence-electron chi connectivity index (χ1n) is 7.57. The van der Waals surface area contributed by atoms with E-state index in [1.165, 1.54) is 6.42 Å². The van der Waals surface area contributed by atoms with Crippen LogP contribution in [-0.4, -0.2) is 23.2 Å². The Morgan fingerprint density at radius 2 is 2.05 bits per heavy atom. The first-order chi connectivity index (χ1) is 10.1. The van der Waals surface area contributed by atoms with Crippen LogP contribution in [0.3, 0.4) is 0 Å². The van der Waals surface area contributed by atoms with E-state index in [0.29, 0.717) is 17.9 Å². The van der Waals surface area contributed by atoms with E-state index >= 15 is 0 Å². The van der Waals surface area contributed by atoms with Gasteiger partial charge in [0, 0.05) is 11.9 Å². The van der Waals surface area contributed by atoms with Crippen molar-refractivity contribution in [3.63, 3.8) is 0 Å². The zero-order valence-electron chi connectivity index (χ0n) is 12.3. The molecular formula is C17H21NO3. The maximum atomic E-state index is 12.2. The maximum absolute atomic E-state index is 12.2. The predicted molar refractivity (Wildman–Crippen MR) is 81.3 cm³/mol. The van der Waals surface area contributed by atoms with Gasteiger partial charge in [-0.1, -0.05) is 30.9 Å². The first-order valence-corrected chi connectivity index (χ1v) is 7.57. The second-order valence-electron chi connectivity index (χ2n) is 6.12. The van der Waals surface area contributed by atoms with E-state index < -0.39 is 5.60 Å². The minimum atomic E-state index is -0.753. The van der Waals surface area contributed by atoms with Crippen molar-refractivity contribution >= 4 is 16.9 Å². The van der Waals surface area contributed by atoms with Crippen LogP contribution in [0.15, 0.2) is 28.7 Å². The largest absolute Gasteiger partial charge is 0.451 e. The van der Waals surface area contributed by atoms with Crippen LogP contribution >= 0.6 is 0 Å². The third-order valence-electron chi connectivity index (χ3n) is 4.26. The second kappa shape index (κ2) is 5.53. The highest BCUT2D eigenvalue weighted by atomic mass is 16.3. The molecule has 1 heterocycles. The van der Waals surface area contributed by atoms with Gasteiger partial charge in [-0.2, -0.15) is 0 Å². The van der Waals surface area contributed by atoms with Gasteiger partial charge in [-0.15, -0.1) is 0 Å². The summed E-state index contributed by atoms with van der Waals surface area (Å²) in [6, 6.07) is 7.57. The summed E-state index contributed by atoms with van der Waals surface area (Å²) in [6.45, 7) is 2.30. The van der Waals surface area contributed by atoms with Crippen LogP contribution in [0, 0.1) is 6.92 Å². The molecule has 1 saturated carbocycles. The molecule has 0 aliphatic heterocycles. The van der Waals surface area contributed by atoms with Crippen LogP contribution in [0.4, 0.5) is 0 Å². The van der Waals surface area contributed by atoms with Crippen LogP contribution in [0.25, 0.3) is 11.0 Å². The Morgan fingerprint density at radius 1 is 1.29 bits per heavy atom. The number of aryl methyl sites for hydroxylation is 1. The number of nitrogens with one attached hydrogen (secondary N) is 1. The van der Waals surface area contributed by atoms with Crippen LogP contribution in [0.2, 0.25) is 0 Å². The molecular weight excluding hydrogens is 266 g/mol. The molecule has 112 valence electrons. The summed E-state index contributed by atoms with van der Waals surface area (Å²) in [5.41, 5.74) is 1.09. The van der Waals surface area contributed by atoms with Crippen molar-refractivity contribution in [2.45, 2.75) is 44.6 Å². The summed E-state index contributed by atoms with van der Waals surface area (Å²) >= 11 is 0. The van der Waals surface area contributed by atoms with E-state index in [2.05, 4.69) is 5.32 Å². The number of carbonyl (C=O) groups excluding carboxylic acids is 1. The van der Waals surface area contributed by atoms with E-state index in [1.54, 1.807) is 6.07 Å². The van der Waals surface area contributed by atoms with Gasteiger partial charge in [0.2, 0.25) is 0 Å². The SMILES string of the molecule is Cc1ccc2oc(C(=O)NCC3(O)CCCCC3)cc2c1. The Hall–Kier alpha value is -1.81. The van der Waals surface area contributed by atoms with Gasteiger partial charge < -0.3 is 14.8 Å². The lowest BCUT2D eigenvalue weighted by molar-refractivity contribution is 0.00504. The van der Waals surface area contributed by atoms with Gasteiger partial charge in [0.15, 0.2) is 5.76 Å². The van der Waals surface area contributed by atoms with Crippen LogP contribution in [0.1, 0.15) is 48.2 Å². The molecule has 0 spiro atoms. The minimum absolute atomic E-state index is 0.261. The highest BCUT2D eigenvalue weighted by Crippen LogP contribution is 2.27. The van der Waals surface area contributed by atoms with Crippen molar-refractivity contribution < 1.29 is 14.3 Å². The Labute approximate surface area is 124 Å². The molecule has 1 fully saturated rings. The summed E-state index contributed by atoms with van der Waals surface area (Å²) < 4.78 is 5.56. The van der Waals surface area contributed by atoms with E-state index in [1.807, 2.05) is 25.1 Å². The minimum Gasteiger partial charge on any atom is -0.451 e. The van der Waals surface area contributed by atoms with E-state index in [-0.39, 0.29) is 5.91 Å². The zero-order valence-corrected chi connectivity index (χ0v) is 12.3. The van der Waals surface area contributed by atoms with Gasteiger partial charge in [0.05, 0.1) is 5.60 Å². The number of carbonyl (C=O) groups is 1. The molecule has 2 aromatic rings. The number of rotatable bonds is 3. The summed E-state index contributed by atoms with van der Waals surface area (Å²) in [7, 11) is 0. The van der Waals surface area contributed by atoms with Gasteiger partial charge in [-0.05, 0) is 38.0 Å². The summed E-state index contributed by atoms with van der Waals surface area (Å²) in [4.78, 5) is 12.2. The topological polar surface area (TPSA) is 62.5 Å². The Bertz CT molecular complexity index is 653. The van der Waals surface area contributed by atoms with Gasteiger partial charge >= 0.3 is 0 Å². The molecule has 21 heavy (non-hydrogen) atoms. The van der Waals surface area contributed by atoms with Gasteiger partial charge in [-0.3, -0.25) is 4.79 Å². The number of hydrogen-bond acceptors (Lipinski definition) is 3. The Kier molecular flexibility index (Phi) is 3.72. The molecule has 0 atom stereocenters. The number of aliphatic hydroxyl groups is 1. The van der Waals surface area contributed by atoms with Crippen LogP contribution in [0.5, 0.6) is 0 Å². The molecule has 0 bridgehead atoms. The lowest BCUT2D eigenvalue weighted by Gasteiger charge is -2.31. The van der Waals surface area contributed by atoms with Crippen molar-refractivity contribution in [1.29, 1.82) is 0 Å². The third-order valence-corrected chi connectivity index (χ3v) is 4.26. The Balaban J connectivity index is 1.69. The number of hydrogen-bond donors (Lipinski definition) is 2. The fraction of sp³-hybridized carbons (Fsp3) is 0.471. The average Bonchev–Trinajstić information content (AvgIpc) is 2.88. The van der Waals surface area contributed by atoms with Crippen molar-refractivity contribution in [2.24, 2.45) is 0 Å². The maximum Gasteiger partial charge on any atom is 0.287 e. The molecule has 1 aromatic heterocycles. The zero-order chi connectivity index (χ0) is 14.9. The molecule has 1 aromatic carbocycles. The number of amides is 1. The molecule has 3 rings (SSSR count). The van der Waals surface area contributed by atoms with Crippen molar-refractivity contribution in [3.8, 4) is 0 Å². The lowest BCUT2D eigenvalue weighted by Crippen LogP contribution is -2.44. The van der Waals surface area contributed by atoms with Crippen molar-refractivity contribution in [3.05, 3.63) is 35.6 Å². The van der Waals surface area contributed by atoms with Gasteiger partial charge in [0.25, 0.3) is 5.91 Å². The van der Waals surface area contributed by atoms with Gasteiger partial charge in [0.1, 0.15) is 5.58 Å². The van der Waals surface area contributed by atoms with Crippen LogP contribution in [-0.2, 0) is 0 Å². The average molecular weight is 287 g/mol. The molecule has 2 N–H and O–H groups in total. The standard InChI is InChI=1S/C17H21NO3/c1-12-5-6-14-13(9-12)10-15(21-14)16(19)18-11-17(20)7-3-2-4-8-17/h5-6,9-10,20H,2-4,7-8,11H2,1H3,(H,18,19). The summed E-state index contributed by atoms with van der Waals surface area (Å²) in [5.74, 6) is 0.0397. The Morgan fingerprint density at radius 3 is 2.81 bits per heavy atom. The molecule has 1 aliphatic rings.